The summed E-state index contributed by atoms with van der Waals surface area (Å²) in [6.07, 6.45) is 6.89. The van der Waals surface area contributed by atoms with Gasteiger partial charge in [-0.25, -0.2) is 0 Å². The fourth-order valence-electron chi connectivity index (χ4n) is 1.01. The Hall–Kier alpha value is 0.632. The van der Waals surface area contributed by atoms with Gasteiger partial charge >= 0.3 is 89.0 Å². The average molecular weight is 397 g/mol. The predicted molar refractivity (Wildman–Crippen MR) is 69.6 cm³/mol. The molecule has 0 aromatic carbocycles. The zero-order chi connectivity index (χ0) is 12.8. The second-order valence-corrected chi connectivity index (χ2v) is 8.10. The molecule has 0 aliphatic heterocycles. The first-order chi connectivity index (χ1) is 7.54. The first-order valence-electron chi connectivity index (χ1n) is 6.11. The van der Waals surface area contributed by atoms with Gasteiger partial charge in [-0.3, -0.25) is 4.79 Å². The largest absolute Gasteiger partial charge is 2.00 e. The minimum Gasteiger partial charge on any atom is 2.00 e. The summed E-state index contributed by atoms with van der Waals surface area (Å²) in [5, 5.41) is 9.98. The molecule has 0 heterocycles. The number of hydrogen-bond donors (Lipinski definition) is 0. The van der Waals surface area contributed by atoms with Crippen LogP contribution in [0, 0.1) is 0 Å². The smallest absolute Gasteiger partial charge is 2.00 e. The topological polar surface area (TPSA) is 40.1 Å². The molecule has 0 aromatic rings. The molecule has 0 amide bonds. The molecule has 0 atom stereocenters. The first kappa shape index (κ1) is 22.8. The third-order valence-corrected chi connectivity index (χ3v) is 5.86. The van der Waals surface area contributed by atoms with Crippen LogP contribution in [0.25, 0.3) is 0 Å². The Morgan fingerprint density at radius 2 is 1.53 bits per heavy atom. The Kier molecular flexibility index (Phi) is 25.4. The van der Waals surface area contributed by atoms with E-state index in [4.69, 9.17) is 0 Å². The number of ketones is 1. The summed E-state index contributed by atoms with van der Waals surface area (Å²) in [6, 6.07) is 0. The first-order valence-corrected chi connectivity index (χ1v) is 10.1. The monoisotopic (exact) mass is 397 g/mol. The van der Waals surface area contributed by atoms with Crippen LogP contribution in [0.4, 0.5) is 0 Å². The van der Waals surface area contributed by atoms with Crippen molar-refractivity contribution in [2.24, 2.45) is 0 Å². The van der Waals surface area contributed by atoms with E-state index in [9.17, 15) is 9.90 Å². The van der Waals surface area contributed by atoms with Crippen LogP contribution >= 0.6 is 0 Å². The van der Waals surface area contributed by atoms with Crippen LogP contribution in [0.3, 0.4) is 0 Å². The van der Waals surface area contributed by atoms with Gasteiger partial charge in [0, 0.05) is 0 Å². The normalized spacial score (nSPS) is 9.53. The molecule has 0 bridgehead atoms. The van der Waals surface area contributed by atoms with Crippen molar-refractivity contribution >= 4 is 26.9 Å². The Balaban J connectivity index is -0.000000224. The Morgan fingerprint density at radius 3 is 1.71 bits per heavy atom. The number of allylic oxidation sites excluding steroid dienone is 2. The summed E-state index contributed by atoms with van der Waals surface area (Å²) in [5.41, 5.74) is 0. The van der Waals surface area contributed by atoms with E-state index in [2.05, 4.69) is 13.8 Å². The molecule has 0 fully saturated rings. The molecule has 0 aliphatic rings. The van der Waals surface area contributed by atoms with Crippen molar-refractivity contribution in [2.75, 3.05) is 0 Å². The fraction of sp³-hybridized carbons (Fsp3) is 0.769. The minimum atomic E-state index is -0.187. The van der Waals surface area contributed by atoms with E-state index in [1.54, 1.807) is 8.87 Å². The number of carbonyl (C=O) groups excluding carboxylic acids is 1. The average Bonchev–Trinajstić information content (AvgIpc) is 2.16. The van der Waals surface area contributed by atoms with Gasteiger partial charge in [0.1, 0.15) is 0 Å². The molecule has 0 radical (unpaired) electrons. The van der Waals surface area contributed by atoms with Crippen molar-refractivity contribution in [3.63, 3.8) is 0 Å². The number of rotatable bonds is 7. The van der Waals surface area contributed by atoms with Crippen molar-refractivity contribution in [1.29, 1.82) is 0 Å². The molecule has 0 saturated carbocycles. The quantitative estimate of drug-likeness (QED) is 0.287. The fourth-order valence-corrected chi connectivity index (χ4v) is 5.17. The van der Waals surface area contributed by atoms with E-state index in [0.717, 1.165) is 6.08 Å². The maximum absolute atomic E-state index is 9.98. The molecule has 2 nitrogen and oxygen atoms in total. The van der Waals surface area contributed by atoms with Gasteiger partial charge < -0.3 is 5.11 Å². The minimum absolute atomic E-state index is 0. The molecule has 4 heteroatoms. The zero-order valence-electron chi connectivity index (χ0n) is 11.8. The molecule has 0 aliphatic carbocycles. The third-order valence-electron chi connectivity index (χ3n) is 1.82. The Labute approximate surface area is 130 Å². The second kappa shape index (κ2) is 19.0. The molecular weight excluding hydrogens is 372 g/mol. The summed E-state index contributed by atoms with van der Waals surface area (Å²) in [7, 11) is 0. The summed E-state index contributed by atoms with van der Waals surface area (Å²) in [4.78, 5) is 9.98. The van der Waals surface area contributed by atoms with Gasteiger partial charge in [-0.2, -0.15) is 0 Å². The molecule has 0 N–H and O–H groups in total. The van der Waals surface area contributed by atoms with E-state index in [1.165, 1.54) is 39.5 Å². The van der Waals surface area contributed by atoms with Crippen molar-refractivity contribution in [1.82, 2.24) is 0 Å². The zero-order valence-corrected chi connectivity index (χ0v) is 17.7. The van der Waals surface area contributed by atoms with E-state index >= 15 is 0 Å². The van der Waals surface area contributed by atoms with Gasteiger partial charge in [-0.1, -0.05) is 6.92 Å². The maximum Gasteiger partial charge on any atom is 2.00 e. The molecule has 0 unspecified atom stereocenters. The summed E-state index contributed by atoms with van der Waals surface area (Å²) in [5.74, 6) is -0.375. The molecule has 92 valence electrons. The van der Waals surface area contributed by atoms with Crippen LogP contribution in [0.2, 0.25) is 8.87 Å². The Bertz CT molecular complexity index is 184. The number of carbonyl (C=O) groups is 1. The maximum atomic E-state index is 9.98. The van der Waals surface area contributed by atoms with Gasteiger partial charge in [-0.05, 0) is 13.0 Å². The second-order valence-electron chi connectivity index (χ2n) is 3.82. The van der Waals surface area contributed by atoms with E-state index in [1.807, 2.05) is 0 Å². The van der Waals surface area contributed by atoms with Gasteiger partial charge in [0.05, 0.1) is 0 Å². The number of unbranched alkanes of at least 4 members (excludes halogenated alkanes) is 2. The summed E-state index contributed by atoms with van der Waals surface area (Å²) >= 11 is 0.149. The summed E-state index contributed by atoms with van der Waals surface area (Å²) < 4.78 is 3.25. The van der Waals surface area contributed by atoms with Crippen molar-refractivity contribution in [3.05, 3.63) is 11.8 Å². The molecule has 0 rings (SSSR count). The predicted octanol–water partition coefficient (Wildman–Crippen LogP) is 2.96. The van der Waals surface area contributed by atoms with Crippen LogP contribution in [-0.4, -0.2) is 26.9 Å². The van der Waals surface area contributed by atoms with Crippen LogP contribution < -0.4 is 5.11 Å². The third kappa shape index (κ3) is 31.5. The van der Waals surface area contributed by atoms with E-state index < -0.39 is 0 Å². The van der Waals surface area contributed by atoms with Crippen LogP contribution in [0.5, 0.6) is 0 Å². The Morgan fingerprint density at radius 1 is 1.12 bits per heavy atom. The molecule has 0 saturated heterocycles. The van der Waals surface area contributed by atoms with Gasteiger partial charge in [0.25, 0.3) is 0 Å². The standard InChI is InChI=1S/C5H8O2.2C4H9.Sn.Zn/c1-4(6)3-5(2)7;2*1-3-4-2;;/h3,6H,1-2H3;2*1,3-4H2,2H3;;/q;;;2*+2/p-1/b4-3-;;;;. The van der Waals surface area contributed by atoms with Crippen LogP contribution in [-0.2, 0) is 24.3 Å². The van der Waals surface area contributed by atoms with E-state index in [-0.39, 0.29) is 52.2 Å². The molecular formula is C13H25O2SnZn+3. The molecule has 0 aromatic heterocycles. The molecule has 17 heavy (non-hydrogen) atoms. The van der Waals surface area contributed by atoms with E-state index in [0.29, 0.717) is 0 Å². The van der Waals surface area contributed by atoms with Gasteiger partial charge in [0.15, 0.2) is 5.78 Å². The number of hydrogen-bond acceptors (Lipinski definition) is 2. The van der Waals surface area contributed by atoms with Crippen molar-refractivity contribution in [3.8, 4) is 0 Å². The summed E-state index contributed by atoms with van der Waals surface area (Å²) in [6.45, 7) is 7.28. The van der Waals surface area contributed by atoms with Crippen molar-refractivity contribution in [2.45, 2.75) is 62.3 Å². The van der Waals surface area contributed by atoms with Gasteiger partial charge in [0.2, 0.25) is 0 Å². The van der Waals surface area contributed by atoms with Gasteiger partial charge in [-0.15, -0.1) is 5.76 Å². The van der Waals surface area contributed by atoms with Crippen LogP contribution in [0.15, 0.2) is 11.8 Å². The molecule has 0 spiro atoms. The van der Waals surface area contributed by atoms with Crippen molar-refractivity contribution < 1.29 is 29.4 Å². The van der Waals surface area contributed by atoms with Crippen LogP contribution in [0.1, 0.15) is 53.4 Å². The SMILES string of the molecule is CC(=O)/C=C(/C)[O-].CCC[CH2][Sn+2][CH2]CCC.[Zn+2].